The second-order valence-electron chi connectivity index (χ2n) is 7.79. The maximum Gasteiger partial charge on any atom is 0.246 e. The molecule has 0 saturated carbocycles. The molecule has 1 heterocycles. The molecule has 0 bridgehead atoms. The fourth-order valence-corrected chi connectivity index (χ4v) is 3.88. The first kappa shape index (κ1) is 18.3. The number of anilines is 3. The van der Waals surface area contributed by atoms with Gasteiger partial charge in [-0.15, -0.1) is 0 Å². The molecule has 4 aromatic carbocycles. The van der Waals surface area contributed by atoms with Crippen LogP contribution in [0.4, 0.5) is 17.1 Å². The van der Waals surface area contributed by atoms with Gasteiger partial charge in [0.1, 0.15) is 0 Å². The largest absolute Gasteiger partial charge is 0.449 e. The van der Waals surface area contributed by atoms with Crippen LogP contribution in [0.5, 0.6) is 11.5 Å². The van der Waals surface area contributed by atoms with Crippen molar-refractivity contribution in [2.75, 3.05) is 4.90 Å². The van der Waals surface area contributed by atoms with Gasteiger partial charge in [-0.25, -0.2) is 0 Å². The van der Waals surface area contributed by atoms with Crippen LogP contribution < -0.4 is 14.4 Å². The van der Waals surface area contributed by atoms with Crippen LogP contribution in [0.25, 0.3) is 11.1 Å². The summed E-state index contributed by atoms with van der Waals surface area (Å²) in [6.07, 6.45) is 0. The lowest BCUT2D eigenvalue weighted by atomic mass is 10.0. The Hall–Kier alpha value is -3.72. The van der Waals surface area contributed by atoms with Crippen LogP contribution in [-0.4, -0.2) is 5.79 Å². The van der Waals surface area contributed by atoms with E-state index in [2.05, 4.69) is 89.8 Å². The zero-order valence-corrected chi connectivity index (χ0v) is 17.1. The number of hydrogen-bond donors (Lipinski definition) is 0. The number of nitrogens with zero attached hydrogens (tertiary/aromatic N) is 1. The smallest absolute Gasteiger partial charge is 0.246 e. The Balaban J connectivity index is 1.66. The van der Waals surface area contributed by atoms with Gasteiger partial charge in [0.05, 0.1) is 5.69 Å². The average molecular weight is 393 g/mol. The lowest BCUT2D eigenvalue weighted by Gasteiger charge is -2.27. The highest BCUT2D eigenvalue weighted by atomic mass is 16.7. The van der Waals surface area contributed by atoms with Gasteiger partial charge in [0.15, 0.2) is 11.5 Å². The first-order valence-corrected chi connectivity index (χ1v) is 10.1. The predicted molar refractivity (Wildman–Crippen MR) is 122 cm³/mol. The van der Waals surface area contributed by atoms with Crippen molar-refractivity contribution in [1.29, 1.82) is 0 Å². The average Bonchev–Trinajstić information content (AvgIpc) is 3.09. The number of para-hydroxylation sites is 3. The minimum absolute atomic E-state index is 0.638. The van der Waals surface area contributed by atoms with Crippen LogP contribution in [0.15, 0.2) is 103 Å². The monoisotopic (exact) mass is 393 g/mol. The molecule has 0 N–H and O–H groups in total. The Kier molecular flexibility index (Phi) is 4.44. The van der Waals surface area contributed by atoms with Gasteiger partial charge in [-0.05, 0) is 48.0 Å². The van der Waals surface area contributed by atoms with Crippen LogP contribution in [0.1, 0.15) is 13.8 Å². The van der Waals surface area contributed by atoms with Gasteiger partial charge in [0, 0.05) is 30.8 Å². The third-order valence-electron chi connectivity index (χ3n) is 5.14. The molecule has 0 atom stereocenters. The van der Waals surface area contributed by atoms with E-state index in [0.717, 1.165) is 39.7 Å². The summed E-state index contributed by atoms with van der Waals surface area (Å²) >= 11 is 0. The van der Waals surface area contributed by atoms with E-state index in [4.69, 9.17) is 9.47 Å². The number of ether oxygens (including phenoxy) is 2. The van der Waals surface area contributed by atoms with Gasteiger partial charge in [-0.2, -0.15) is 0 Å². The predicted octanol–water partition coefficient (Wildman–Crippen LogP) is 7.33. The summed E-state index contributed by atoms with van der Waals surface area (Å²) in [5.41, 5.74) is 5.54. The van der Waals surface area contributed by atoms with Crippen LogP contribution in [0.3, 0.4) is 0 Å². The van der Waals surface area contributed by atoms with Crippen molar-refractivity contribution in [1.82, 2.24) is 0 Å². The molecule has 30 heavy (non-hydrogen) atoms. The molecule has 148 valence electrons. The topological polar surface area (TPSA) is 21.7 Å². The summed E-state index contributed by atoms with van der Waals surface area (Å²) in [6, 6.07) is 35.5. The molecular weight excluding hydrogens is 370 g/mol. The quantitative estimate of drug-likeness (QED) is 0.362. The lowest BCUT2D eigenvalue weighted by Crippen LogP contribution is -2.29. The fourth-order valence-electron chi connectivity index (χ4n) is 3.88. The molecule has 5 rings (SSSR count). The van der Waals surface area contributed by atoms with Crippen LogP contribution in [0.2, 0.25) is 0 Å². The van der Waals surface area contributed by atoms with Crippen LogP contribution >= 0.6 is 0 Å². The molecule has 0 aromatic heterocycles. The Bertz CT molecular complexity index is 1130. The minimum Gasteiger partial charge on any atom is -0.449 e. The summed E-state index contributed by atoms with van der Waals surface area (Å²) in [6.45, 7) is 3.85. The van der Waals surface area contributed by atoms with E-state index in [1.165, 1.54) is 0 Å². The Labute approximate surface area is 177 Å². The van der Waals surface area contributed by atoms with E-state index in [-0.39, 0.29) is 0 Å². The molecule has 3 heteroatoms. The first-order chi connectivity index (χ1) is 14.6. The zero-order valence-electron chi connectivity index (χ0n) is 17.1. The van der Waals surface area contributed by atoms with Gasteiger partial charge in [0.25, 0.3) is 0 Å². The maximum atomic E-state index is 5.99. The zero-order chi connectivity index (χ0) is 20.6. The molecular formula is C27H23NO2. The molecule has 0 saturated heterocycles. The van der Waals surface area contributed by atoms with Crippen molar-refractivity contribution < 1.29 is 9.47 Å². The van der Waals surface area contributed by atoms with Gasteiger partial charge in [-0.3, -0.25) is 0 Å². The maximum absolute atomic E-state index is 5.99. The van der Waals surface area contributed by atoms with Gasteiger partial charge < -0.3 is 14.4 Å². The second-order valence-corrected chi connectivity index (χ2v) is 7.79. The van der Waals surface area contributed by atoms with Crippen LogP contribution in [0, 0.1) is 0 Å². The molecule has 0 radical (unpaired) electrons. The molecule has 0 amide bonds. The number of rotatable bonds is 4. The standard InChI is InChI=1S/C27H23NO2/c1-27(2)29-25-18-17-20(19-26(25)30-27)23-15-9-10-16-24(23)28(21-11-5-3-6-12-21)22-13-7-4-8-14-22/h3-19H,1-2H3. The van der Waals surface area contributed by atoms with Gasteiger partial charge in [0.2, 0.25) is 5.79 Å². The van der Waals surface area contributed by atoms with E-state index < -0.39 is 5.79 Å². The highest BCUT2D eigenvalue weighted by Gasteiger charge is 2.32. The van der Waals surface area contributed by atoms with Crippen molar-refractivity contribution in [3.8, 4) is 22.6 Å². The fraction of sp³-hybridized carbons (Fsp3) is 0.111. The molecule has 4 aromatic rings. The third-order valence-corrected chi connectivity index (χ3v) is 5.14. The van der Waals surface area contributed by atoms with Crippen LogP contribution in [-0.2, 0) is 0 Å². The van der Waals surface area contributed by atoms with Crippen molar-refractivity contribution in [3.05, 3.63) is 103 Å². The lowest BCUT2D eigenvalue weighted by molar-refractivity contribution is -0.0431. The van der Waals surface area contributed by atoms with E-state index >= 15 is 0 Å². The Morgan fingerprint density at radius 2 is 1.17 bits per heavy atom. The summed E-state index contributed by atoms with van der Waals surface area (Å²) in [5, 5.41) is 0. The third kappa shape index (κ3) is 3.39. The summed E-state index contributed by atoms with van der Waals surface area (Å²) in [7, 11) is 0. The molecule has 1 aliphatic heterocycles. The summed E-state index contributed by atoms with van der Waals surface area (Å²) in [4.78, 5) is 2.28. The van der Waals surface area contributed by atoms with Crippen molar-refractivity contribution >= 4 is 17.1 Å². The molecule has 3 nitrogen and oxygen atoms in total. The van der Waals surface area contributed by atoms with Crippen molar-refractivity contribution in [2.45, 2.75) is 19.6 Å². The molecule has 1 aliphatic rings. The normalized spacial score (nSPS) is 13.8. The number of hydrogen-bond acceptors (Lipinski definition) is 3. The summed E-state index contributed by atoms with van der Waals surface area (Å²) in [5.74, 6) is 0.920. The summed E-state index contributed by atoms with van der Waals surface area (Å²) < 4.78 is 11.9. The van der Waals surface area contributed by atoms with Crippen molar-refractivity contribution in [2.24, 2.45) is 0 Å². The van der Waals surface area contributed by atoms with Gasteiger partial charge in [-0.1, -0.05) is 60.7 Å². The first-order valence-electron chi connectivity index (χ1n) is 10.1. The highest BCUT2D eigenvalue weighted by molar-refractivity contribution is 5.88. The second kappa shape index (κ2) is 7.27. The molecule has 0 spiro atoms. The number of fused-ring (bicyclic) bond motifs is 1. The highest BCUT2D eigenvalue weighted by Crippen LogP contribution is 2.45. The molecule has 0 fully saturated rings. The van der Waals surface area contributed by atoms with Gasteiger partial charge >= 0.3 is 0 Å². The van der Waals surface area contributed by atoms with E-state index in [1.807, 2.05) is 32.0 Å². The SMILES string of the molecule is CC1(C)Oc2ccc(-c3ccccc3N(c3ccccc3)c3ccccc3)cc2O1. The Morgan fingerprint density at radius 1 is 0.600 bits per heavy atom. The van der Waals surface area contributed by atoms with E-state index in [1.54, 1.807) is 0 Å². The Morgan fingerprint density at radius 3 is 1.83 bits per heavy atom. The van der Waals surface area contributed by atoms with E-state index in [9.17, 15) is 0 Å². The molecule has 0 aliphatic carbocycles. The number of benzene rings is 4. The van der Waals surface area contributed by atoms with Crippen molar-refractivity contribution in [3.63, 3.8) is 0 Å². The molecule has 0 unspecified atom stereocenters. The minimum atomic E-state index is -0.638. The van der Waals surface area contributed by atoms with E-state index in [0.29, 0.717) is 0 Å².